The molecule has 1 aromatic heterocycles. The second-order valence-electron chi connectivity index (χ2n) is 7.04. The SMILES string of the molecule is O=C(c1ccnc(NCCc2ccccc2)n1)N1CCN(c2ccccc2)CC1. The van der Waals surface area contributed by atoms with Gasteiger partial charge >= 0.3 is 0 Å². The summed E-state index contributed by atoms with van der Waals surface area (Å²) in [5.74, 6) is 0.459. The summed E-state index contributed by atoms with van der Waals surface area (Å²) >= 11 is 0. The molecule has 6 heteroatoms. The van der Waals surface area contributed by atoms with E-state index in [1.165, 1.54) is 11.3 Å². The van der Waals surface area contributed by atoms with Crippen molar-refractivity contribution in [3.8, 4) is 0 Å². The number of para-hydroxylation sites is 1. The summed E-state index contributed by atoms with van der Waals surface area (Å²) in [5.41, 5.74) is 2.89. The molecule has 148 valence electrons. The van der Waals surface area contributed by atoms with Gasteiger partial charge in [-0.05, 0) is 30.2 Å². The second kappa shape index (κ2) is 9.19. The summed E-state index contributed by atoms with van der Waals surface area (Å²) in [7, 11) is 0. The number of rotatable bonds is 6. The molecule has 2 heterocycles. The fraction of sp³-hybridized carbons (Fsp3) is 0.261. The average Bonchev–Trinajstić information content (AvgIpc) is 2.80. The maximum absolute atomic E-state index is 12.9. The molecule has 1 saturated heterocycles. The third kappa shape index (κ3) is 4.90. The van der Waals surface area contributed by atoms with E-state index < -0.39 is 0 Å². The molecule has 2 aromatic carbocycles. The van der Waals surface area contributed by atoms with Crippen LogP contribution in [-0.4, -0.2) is 53.5 Å². The van der Waals surface area contributed by atoms with Crippen molar-refractivity contribution in [1.29, 1.82) is 0 Å². The molecule has 0 saturated carbocycles. The van der Waals surface area contributed by atoms with Gasteiger partial charge in [0.15, 0.2) is 0 Å². The number of nitrogens with zero attached hydrogens (tertiary/aromatic N) is 4. The minimum Gasteiger partial charge on any atom is -0.368 e. The lowest BCUT2D eigenvalue weighted by Gasteiger charge is -2.36. The first-order chi connectivity index (χ1) is 14.3. The number of amides is 1. The van der Waals surface area contributed by atoms with Crippen LogP contribution in [0.2, 0.25) is 0 Å². The van der Waals surface area contributed by atoms with Crippen molar-refractivity contribution in [3.63, 3.8) is 0 Å². The van der Waals surface area contributed by atoms with Crippen molar-refractivity contribution in [3.05, 3.63) is 84.2 Å². The van der Waals surface area contributed by atoms with Crippen LogP contribution in [0.5, 0.6) is 0 Å². The molecule has 1 aliphatic rings. The first-order valence-corrected chi connectivity index (χ1v) is 10.00. The van der Waals surface area contributed by atoms with E-state index in [0.717, 1.165) is 26.1 Å². The van der Waals surface area contributed by atoms with Crippen LogP contribution in [0.25, 0.3) is 0 Å². The molecular formula is C23H25N5O. The number of hydrogen-bond donors (Lipinski definition) is 1. The van der Waals surface area contributed by atoms with Crippen LogP contribution in [-0.2, 0) is 6.42 Å². The molecule has 0 unspecified atom stereocenters. The van der Waals surface area contributed by atoms with Crippen LogP contribution in [0.4, 0.5) is 11.6 Å². The first kappa shape index (κ1) is 18.9. The van der Waals surface area contributed by atoms with E-state index in [0.29, 0.717) is 24.7 Å². The Morgan fingerprint density at radius 2 is 1.59 bits per heavy atom. The predicted octanol–water partition coefficient (Wildman–Crippen LogP) is 3.09. The molecule has 1 N–H and O–H groups in total. The molecule has 0 spiro atoms. The van der Waals surface area contributed by atoms with Gasteiger partial charge in [0, 0.05) is 44.6 Å². The minimum atomic E-state index is -0.0359. The Kier molecular flexibility index (Phi) is 6.00. The summed E-state index contributed by atoms with van der Waals surface area (Å²) in [6.45, 7) is 3.74. The van der Waals surface area contributed by atoms with Crippen molar-refractivity contribution in [2.75, 3.05) is 42.9 Å². The molecule has 4 rings (SSSR count). The molecule has 0 aliphatic carbocycles. The number of piperazine rings is 1. The monoisotopic (exact) mass is 387 g/mol. The maximum atomic E-state index is 12.9. The third-order valence-electron chi connectivity index (χ3n) is 5.10. The fourth-order valence-corrected chi connectivity index (χ4v) is 3.49. The number of hydrogen-bond acceptors (Lipinski definition) is 5. The van der Waals surface area contributed by atoms with Crippen LogP contribution in [0.3, 0.4) is 0 Å². The molecule has 3 aromatic rings. The number of carbonyl (C=O) groups excluding carboxylic acids is 1. The van der Waals surface area contributed by atoms with Crippen molar-refractivity contribution in [2.24, 2.45) is 0 Å². The highest BCUT2D eigenvalue weighted by Gasteiger charge is 2.23. The summed E-state index contributed by atoms with van der Waals surface area (Å²) in [5, 5.41) is 3.22. The predicted molar refractivity (Wildman–Crippen MR) is 115 cm³/mol. The van der Waals surface area contributed by atoms with Crippen LogP contribution in [0, 0.1) is 0 Å². The maximum Gasteiger partial charge on any atom is 0.272 e. The number of aromatic nitrogens is 2. The lowest BCUT2D eigenvalue weighted by molar-refractivity contribution is 0.0741. The first-order valence-electron chi connectivity index (χ1n) is 10.00. The Morgan fingerprint density at radius 3 is 2.31 bits per heavy atom. The second-order valence-corrected chi connectivity index (χ2v) is 7.04. The standard InChI is InChI=1S/C23H25N5O/c29-22(28-17-15-27(16-18-28)20-9-5-2-6-10-20)21-12-14-25-23(26-21)24-13-11-19-7-3-1-4-8-19/h1-10,12,14H,11,13,15-18H2,(H,24,25,26). The Morgan fingerprint density at radius 1 is 0.897 bits per heavy atom. The van der Waals surface area contributed by atoms with Gasteiger partial charge in [0.25, 0.3) is 5.91 Å². The highest BCUT2D eigenvalue weighted by molar-refractivity contribution is 5.92. The highest BCUT2D eigenvalue weighted by atomic mass is 16.2. The molecule has 0 atom stereocenters. The molecule has 29 heavy (non-hydrogen) atoms. The molecule has 1 aliphatic heterocycles. The molecule has 1 fully saturated rings. The van der Waals surface area contributed by atoms with E-state index in [4.69, 9.17) is 0 Å². The zero-order valence-electron chi connectivity index (χ0n) is 16.4. The Hall–Kier alpha value is -3.41. The van der Waals surface area contributed by atoms with E-state index in [2.05, 4.69) is 44.5 Å². The zero-order chi connectivity index (χ0) is 19.9. The van der Waals surface area contributed by atoms with Gasteiger partial charge in [-0.2, -0.15) is 0 Å². The lowest BCUT2D eigenvalue weighted by Crippen LogP contribution is -2.49. The van der Waals surface area contributed by atoms with Gasteiger partial charge in [-0.1, -0.05) is 48.5 Å². The van der Waals surface area contributed by atoms with Gasteiger partial charge < -0.3 is 15.1 Å². The molecular weight excluding hydrogens is 362 g/mol. The van der Waals surface area contributed by atoms with Crippen LogP contribution in [0.1, 0.15) is 16.1 Å². The van der Waals surface area contributed by atoms with Crippen molar-refractivity contribution in [2.45, 2.75) is 6.42 Å². The van der Waals surface area contributed by atoms with E-state index in [-0.39, 0.29) is 5.91 Å². The largest absolute Gasteiger partial charge is 0.368 e. The molecule has 0 radical (unpaired) electrons. The smallest absolute Gasteiger partial charge is 0.272 e. The van der Waals surface area contributed by atoms with Crippen molar-refractivity contribution < 1.29 is 4.79 Å². The third-order valence-corrected chi connectivity index (χ3v) is 5.10. The Labute approximate surface area is 171 Å². The van der Waals surface area contributed by atoms with Gasteiger partial charge in [-0.15, -0.1) is 0 Å². The van der Waals surface area contributed by atoms with Gasteiger partial charge in [-0.3, -0.25) is 4.79 Å². The fourth-order valence-electron chi connectivity index (χ4n) is 3.49. The number of anilines is 2. The lowest BCUT2D eigenvalue weighted by atomic mass is 10.1. The van der Waals surface area contributed by atoms with E-state index in [1.54, 1.807) is 12.3 Å². The van der Waals surface area contributed by atoms with Crippen LogP contribution in [0.15, 0.2) is 72.9 Å². The number of nitrogens with one attached hydrogen (secondary N) is 1. The zero-order valence-corrected chi connectivity index (χ0v) is 16.4. The van der Waals surface area contributed by atoms with Crippen LogP contribution >= 0.6 is 0 Å². The Bertz CT molecular complexity index is 924. The summed E-state index contributed by atoms with van der Waals surface area (Å²) in [4.78, 5) is 25.7. The van der Waals surface area contributed by atoms with Gasteiger partial charge in [0.2, 0.25) is 5.95 Å². The van der Waals surface area contributed by atoms with Crippen molar-refractivity contribution >= 4 is 17.5 Å². The topological polar surface area (TPSA) is 61.4 Å². The van der Waals surface area contributed by atoms with E-state index in [9.17, 15) is 4.79 Å². The molecule has 1 amide bonds. The summed E-state index contributed by atoms with van der Waals surface area (Å²) < 4.78 is 0. The quantitative estimate of drug-likeness (QED) is 0.704. The normalized spacial score (nSPS) is 13.9. The van der Waals surface area contributed by atoms with Gasteiger partial charge in [-0.25, -0.2) is 9.97 Å². The van der Waals surface area contributed by atoms with Gasteiger partial charge in [0.05, 0.1) is 0 Å². The summed E-state index contributed by atoms with van der Waals surface area (Å²) in [6.07, 6.45) is 2.52. The van der Waals surface area contributed by atoms with Gasteiger partial charge in [0.1, 0.15) is 5.69 Å². The minimum absolute atomic E-state index is 0.0359. The molecule has 0 bridgehead atoms. The Balaban J connectivity index is 1.31. The highest BCUT2D eigenvalue weighted by Crippen LogP contribution is 2.16. The van der Waals surface area contributed by atoms with Crippen molar-refractivity contribution in [1.82, 2.24) is 14.9 Å². The molecule has 6 nitrogen and oxygen atoms in total. The number of benzene rings is 2. The average molecular weight is 387 g/mol. The van der Waals surface area contributed by atoms with Crippen LogP contribution < -0.4 is 10.2 Å². The van der Waals surface area contributed by atoms with E-state index >= 15 is 0 Å². The number of carbonyl (C=O) groups is 1. The van der Waals surface area contributed by atoms with E-state index in [1.807, 2.05) is 41.3 Å². The summed E-state index contributed by atoms with van der Waals surface area (Å²) in [6, 6.07) is 22.3.